The third kappa shape index (κ3) is 5.87. The lowest BCUT2D eigenvalue weighted by Gasteiger charge is -2.18. The predicted octanol–water partition coefficient (Wildman–Crippen LogP) is 3.49. The number of nitrogens with one attached hydrogen (secondary N) is 3. The monoisotopic (exact) mass is 329 g/mol. The summed E-state index contributed by atoms with van der Waals surface area (Å²) >= 11 is 0. The molecular weight excluding hydrogens is 298 g/mol. The molecule has 0 spiro atoms. The smallest absolute Gasteiger partial charge is 0.191 e. The van der Waals surface area contributed by atoms with Crippen molar-refractivity contribution >= 4 is 17.0 Å². The minimum Gasteiger partial charge on any atom is -0.356 e. The van der Waals surface area contributed by atoms with Gasteiger partial charge in [-0.2, -0.15) is 0 Å². The number of fused-ring (bicyclic) bond motifs is 1. The van der Waals surface area contributed by atoms with Crippen molar-refractivity contribution in [2.75, 3.05) is 13.6 Å². The maximum atomic E-state index is 4.61. The topological polar surface area (TPSA) is 65.1 Å². The van der Waals surface area contributed by atoms with Crippen LogP contribution in [-0.4, -0.2) is 35.6 Å². The van der Waals surface area contributed by atoms with E-state index < -0.39 is 0 Å². The molecule has 2 aromatic rings. The van der Waals surface area contributed by atoms with Gasteiger partial charge < -0.3 is 15.6 Å². The van der Waals surface area contributed by atoms with E-state index >= 15 is 0 Å². The quantitative estimate of drug-likeness (QED) is 0.395. The first-order valence-electron chi connectivity index (χ1n) is 8.99. The number of aromatic amines is 1. The molecule has 1 aromatic carbocycles. The van der Waals surface area contributed by atoms with Gasteiger partial charge in [0.2, 0.25) is 0 Å². The predicted molar refractivity (Wildman–Crippen MR) is 102 cm³/mol. The van der Waals surface area contributed by atoms with Crippen molar-refractivity contribution in [1.82, 2.24) is 20.6 Å². The molecule has 24 heavy (non-hydrogen) atoms. The number of imidazole rings is 1. The van der Waals surface area contributed by atoms with Crippen molar-refractivity contribution in [2.24, 2.45) is 10.9 Å². The summed E-state index contributed by atoms with van der Waals surface area (Å²) < 4.78 is 0. The molecule has 3 N–H and O–H groups in total. The van der Waals surface area contributed by atoms with Gasteiger partial charge in [0.15, 0.2) is 5.96 Å². The zero-order chi connectivity index (χ0) is 17.4. The maximum Gasteiger partial charge on any atom is 0.191 e. The molecule has 0 aliphatic rings. The highest BCUT2D eigenvalue weighted by atomic mass is 15.2. The molecule has 0 aliphatic heterocycles. The number of hydrogen-bond donors (Lipinski definition) is 3. The Balaban J connectivity index is 1.70. The molecule has 1 heterocycles. The third-order valence-corrected chi connectivity index (χ3v) is 4.10. The average Bonchev–Trinajstić information content (AvgIpc) is 2.98. The first-order valence-corrected chi connectivity index (χ1v) is 8.99. The van der Waals surface area contributed by atoms with E-state index in [1.54, 1.807) is 0 Å². The number of para-hydroxylation sites is 2. The van der Waals surface area contributed by atoms with Crippen LogP contribution >= 0.6 is 0 Å². The number of aliphatic imine (C=N–C) groups is 1. The Hall–Kier alpha value is -2.04. The van der Waals surface area contributed by atoms with E-state index in [0.29, 0.717) is 6.04 Å². The molecule has 0 saturated carbocycles. The molecule has 0 bridgehead atoms. The summed E-state index contributed by atoms with van der Waals surface area (Å²) in [5, 5.41) is 6.85. The minimum absolute atomic E-state index is 0.439. The zero-order valence-corrected chi connectivity index (χ0v) is 15.4. The summed E-state index contributed by atoms with van der Waals surface area (Å²) in [6.45, 7) is 7.62. The van der Waals surface area contributed by atoms with Gasteiger partial charge in [0.05, 0.1) is 11.0 Å². The number of rotatable bonds is 8. The van der Waals surface area contributed by atoms with E-state index in [0.717, 1.165) is 54.5 Å². The van der Waals surface area contributed by atoms with Crippen molar-refractivity contribution < 1.29 is 0 Å². The fourth-order valence-electron chi connectivity index (χ4n) is 2.67. The Kier molecular flexibility index (Phi) is 7.09. The molecular formula is C19H31N5. The highest BCUT2D eigenvalue weighted by molar-refractivity contribution is 5.79. The molecule has 1 atom stereocenters. The van der Waals surface area contributed by atoms with Gasteiger partial charge in [-0.15, -0.1) is 0 Å². The third-order valence-electron chi connectivity index (χ3n) is 4.10. The van der Waals surface area contributed by atoms with Crippen molar-refractivity contribution in [3.05, 3.63) is 30.1 Å². The van der Waals surface area contributed by atoms with Gasteiger partial charge in [0.1, 0.15) is 5.82 Å². The van der Waals surface area contributed by atoms with Gasteiger partial charge in [-0.1, -0.05) is 26.0 Å². The van der Waals surface area contributed by atoms with Crippen LogP contribution in [0, 0.1) is 5.92 Å². The molecule has 132 valence electrons. The van der Waals surface area contributed by atoms with E-state index in [9.17, 15) is 0 Å². The Morgan fingerprint density at radius 3 is 2.71 bits per heavy atom. The summed E-state index contributed by atoms with van der Waals surface area (Å²) in [6, 6.07) is 8.59. The maximum absolute atomic E-state index is 4.61. The number of hydrogen-bond acceptors (Lipinski definition) is 2. The highest BCUT2D eigenvalue weighted by Crippen LogP contribution is 2.11. The summed E-state index contributed by atoms with van der Waals surface area (Å²) in [6.07, 6.45) is 4.34. The molecule has 0 saturated heterocycles. The number of nitrogens with zero attached hydrogens (tertiary/aromatic N) is 2. The van der Waals surface area contributed by atoms with Crippen LogP contribution in [0.1, 0.15) is 45.9 Å². The molecule has 1 aromatic heterocycles. The first-order chi connectivity index (χ1) is 11.6. The Morgan fingerprint density at radius 1 is 1.21 bits per heavy atom. The lowest BCUT2D eigenvalue weighted by Crippen LogP contribution is -2.42. The summed E-state index contributed by atoms with van der Waals surface area (Å²) in [5.74, 6) is 2.68. The molecule has 1 unspecified atom stereocenters. The Labute approximate surface area is 145 Å². The van der Waals surface area contributed by atoms with Gasteiger partial charge in [-0.25, -0.2) is 4.98 Å². The Morgan fingerprint density at radius 2 is 2.00 bits per heavy atom. The van der Waals surface area contributed by atoms with Gasteiger partial charge in [-0.3, -0.25) is 4.99 Å². The summed E-state index contributed by atoms with van der Waals surface area (Å²) in [7, 11) is 1.82. The van der Waals surface area contributed by atoms with E-state index in [1.807, 2.05) is 25.2 Å². The molecule has 0 amide bonds. The molecule has 5 nitrogen and oxygen atoms in total. The molecule has 5 heteroatoms. The Bertz CT molecular complexity index is 611. The van der Waals surface area contributed by atoms with E-state index in [-0.39, 0.29) is 0 Å². The second kappa shape index (κ2) is 9.30. The van der Waals surface area contributed by atoms with Crippen LogP contribution in [0.3, 0.4) is 0 Å². The van der Waals surface area contributed by atoms with Crippen LogP contribution in [-0.2, 0) is 6.42 Å². The van der Waals surface area contributed by atoms with Crippen LogP contribution in [0.15, 0.2) is 29.3 Å². The van der Waals surface area contributed by atoms with E-state index in [4.69, 9.17) is 0 Å². The van der Waals surface area contributed by atoms with Crippen LogP contribution < -0.4 is 10.6 Å². The lowest BCUT2D eigenvalue weighted by atomic mass is 10.0. The van der Waals surface area contributed by atoms with Crippen molar-refractivity contribution in [2.45, 2.75) is 52.5 Å². The number of guanidine groups is 1. The molecule has 2 rings (SSSR count). The van der Waals surface area contributed by atoms with E-state index in [1.165, 1.54) is 6.42 Å². The number of aryl methyl sites for hydroxylation is 1. The number of H-pyrrole nitrogens is 1. The summed E-state index contributed by atoms with van der Waals surface area (Å²) in [4.78, 5) is 12.3. The molecule has 0 fully saturated rings. The van der Waals surface area contributed by atoms with Crippen molar-refractivity contribution in [3.8, 4) is 0 Å². The molecule has 0 aliphatic carbocycles. The SMILES string of the molecule is CN=C(NCCCc1nc2ccccc2[nH]1)NC(C)CCC(C)C. The van der Waals surface area contributed by atoms with Crippen LogP contribution in [0.4, 0.5) is 0 Å². The average molecular weight is 329 g/mol. The van der Waals surface area contributed by atoms with Gasteiger partial charge >= 0.3 is 0 Å². The zero-order valence-electron chi connectivity index (χ0n) is 15.4. The van der Waals surface area contributed by atoms with Crippen LogP contribution in [0.25, 0.3) is 11.0 Å². The normalized spacial score (nSPS) is 13.5. The largest absolute Gasteiger partial charge is 0.356 e. The van der Waals surface area contributed by atoms with Crippen LogP contribution in [0.5, 0.6) is 0 Å². The first kappa shape index (κ1) is 18.3. The number of aromatic nitrogens is 2. The summed E-state index contributed by atoms with van der Waals surface area (Å²) in [5.41, 5.74) is 2.15. The van der Waals surface area contributed by atoms with Crippen LogP contribution in [0.2, 0.25) is 0 Å². The van der Waals surface area contributed by atoms with E-state index in [2.05, 4.69) is 52.4 Å². The highest BCUT2D eigenvalue weighted by Gasteiger charge is 2.06. The minimum atomic E-state index is 0.439. The van der Waals surface area contributed by atoms with Crippen molar-refractivity contribution in [3.63, 3.8) is 0 Å². The van der Waals surface area contributed by atoms with Gasteiger partial charge in [0.25, 0.3) is 0 Å². The van der Waals surface area contributed by atoms with Gasteiger partial charge in [-0.05, 0) is 44.2 Å². The fraction of sp³-hybridized carbons (Fsp3) is 0.579. The molecule has 0 radical (unpaired) electrons. The van der Waals surface area contributed by atoms with Gasteiger partial charge in [0, 0.05) is 26.1 Å². The standard InChI is InChI=1S/C19H31N5/c1-14(2)11-12-15(3)22-19(20-4)21-13-7-10-18-23-16-8-5-6-9-17(16)24-18/h5-6,8-9,14-15H,7,10-13H2,1-4H3,(H,23,24)(H2,20,21,22). The van der Waals surface area contributed by atoms with Crippen molar-refractivity contribution in [1.29, 1.82) is 0 Å². The fourth-order valence-corrected chi connectivity index (χ4v) is 2.67. The second-order valence-electron chi connectivity index (χ2n) is 6.82. The second-order valence-corrected chi connectivity index (χ2v) is 6.82. The lowest BCUT2D eigenvalue weighted by molar-refractivity contribution is 0.489. The number of benzene rings is 1.